The molecule has 5 rings (SSSR count). The van der Waals surface area contributed by atoms with Gasteiger partial charge in [0.05, 0.1) is 5.39 Å². The van der Waals surface area contributed by atoms with Crippen molar-refractivity contribution in [1.82, 2.24) is 29.2 Å². The lowest BCUT2D eigenvalue weighted by molar-refractivity contribution is 0.218. The maximum Gasteiger partial charge on any atom is 0.327 e. The van der Waals surface area contributed by atoms with Gasteiger partial charge in [-0.15, -0.1) is 4.37 Å². The van der Waals surface area contributed by atoms with Crippen molar-refractivity contribution >= 4 is 39.5 Å². The average molecular weight is 400 g/mol. The van der Waals surface area contributed by atoms with Crippen molar-refractivity contribution in [3.05, 3.63) is 18.6 Å². The number of fused-ring (bicyclic) bond motifs is 2. The van der Waals surface area contributed by atoms with Gasteiger partial charge in [-0.2, -0.15) is 4.98 Å². The zero-order chi connectivity index (χ0) is 19.3. The quantitative estimate of drug-likeness (QED) is 0.613. The van der Waals surface area contributed by atoms with Crippen LogP contribution in [0.1, 0.15) is 12.8 Å². The van der Waals surface area contributed by atoms with E-state index in [0.29, 0.717) is 23.0 Å². The Labute approximate surface area is 164 Å². The Morgan fingerprint density at radius 1 is 1.36 bits per heavy atom. The van der Waals surface area contributed by atoms with Crippen LogP contribution in [0.4, 0.5) is 15.7 Å². The third kappa shape index (κ3) is 2.91. The van der Waals surface area contributed by atoms with Gasteiger partial charge in [0.25, 0.3) is 0 Å². The Morgan fingerprint density at radius 3 is 2.86 bits per heavy atom. The molecule has 146 valence electrons. The van der Waals surface area contributed by atoms with E-state index in [-0.39, 0.29) is 12.0 Å². The van der Waals surface area contributed by atoms with Crippen LogP contribution in [-0.2, 0) is 0 Å². The smallest absolute Gasteiger partial charge is 0.327 e. The molecule has 2 amide bonds. The highest BCUT2D eigenvalue weighted by Gasteiger charge is 2.44. The summed E-state index contributed by atoms with van der Waals surface area (Å²) in [5.41, 5.74) is 0.848. The summed E-state index contributed by atoms with van der Waals surface area (Å²) in [7, 11) is 2.09. The number of urea groups is 1. The molecule has 1 aliphatic carbocycles. The molecule has 2 aliphatic rings. The van der Waals surface area contributed by atoms with Gasteiger partial charge in [-0.05, 0) is 30.7 Å². The van der Waals surface area contributed by atoms with Crippen molar-refractivity contribution in [3.8, 4) is 6.01 Å². The highest BCUT2D eigenvalue weighted by atomic mass is 32.1. The number of hydrogen-bond acceptors (Lipinski definition) is 8. The molecule has 2 fully saturated rings. The van der Waals surface area contributed by atoms with E-state index >= 15 is 0 Å². The van der Waals surface area contributed by atoms with Gasteiger partial charge in [-0.3, -0.25) is 5.32 Å². The monoisotopic (exact) mass is 400 g/mol. The molecule has 1 saturated heterocycles. The van der Waals surface area contributed by atoms with Crippen LogP contribution in [0.2, 0.25) is 0 Å². The van der Waals surface area contributed by atoms with Gasteiger partial charge in [-0.1, -0.05) is 0 Å². The van der Waals surface area contributed by atoms with E-state index in [1.807, 2.05) is 17.2 Å². The number of anilines is 2. The van der Waals surface area contributed by atoms with E-state index in [1.165, 1.54) is 0 Å². The molecule has 28 heavy (non-hydrogen) atoms. The van der Waals surface area contributed by atoms with Crippen molar-refractivity contribution < 1.29 is 9.90 Å². The first-order valence-corrected chi connectivity index (χ1v) is 9.95. The van der Waals surface area contributed by atoms with Crippen molar-refractivity contribution in [1.29, 1.82) is 0 Å². The summed E-state index contributed by atoms with van der Waals surface area (Å²) in [6.45, 7) is 1.46. The number of carbonyl (C=O) groups is 1. The number of rotatable bonds is 3. The standard InChI is InChI=1S/C17H20N8O2S/c1-24(14-12-2-3-18-13(12)19-8-20-14)11-4-9-6-25(7-10(9)5-11)17(27)22-16-21-15(26)23-28-16/h2-3,8-11H,4-7H2,1H3,(H,18,19,20)(H2,21,22,23,26,27)/t9-,10?,11?/m0/s1. The van der Waals surface area contributed by atoms with Gasteiger partial charge in [0.15, 0.2) is 0 Å². The molecule has 3 aromatic rings. The summed E-state index contributed by atoms with van der Waals surface area (Å²) >= 11 is 0.971. The number of hydrogen-bond donors (Lipinski definition) is 3. The maximum atomic E-state index is 12.5. The summed E-state index contributed by atoms with van der Waals surface area (Å²) in [6, 6.07) is 1.91. The molecule has 11 heteroatoms. The highest BCUT2D eigenvalue weighted by Crippen LogP contribution is 2.41. The molecule has 3 N–H and O–H groups in total. The van der Waals surface area contributed by atoms with Gasteiger partial charge in [0.1, 0.15) is 17.8 Å². The average Bonchev–Trinajstić information content (AvgIpc) is 3.43. The van der Waals surface area contributed by atoms with Crippen molar-refractivity contribution in [2.75, 3.05) is 30.4 Å². The number of nitrogens with one attached hydrogen (secondary N) is 2. The van der Waals surface area contributed by atoms with E-state index in [4.69, 9.17) is 0 Å². The number of aromatic amines is 1. The molecule has 1 aliphatic heterocycles. The number of aromatic hydroxyl groups is 1. The number of nitrogens with zero attached hydrogens (tertiary/aromatic N) is 6. The van der Waals surface area contributed by atoms with Gasteiger partial charge in [0, 0.05) is 43.9 Å². The van der Waals surface area contributed by atoms with Gasteiger partial charge >= 0.3 is 12.0 Å². The molecule has 0 spiro atoms. The topological polar surface area (TPSA) is 123 Å². The van der Waals surface area contributed by atoms with Crippen LogP contribution >= 0.6 is 11.5 Å². The summed E-state index contributed by atoms with van der Waals surface area (Å²) in [4.78, 5) is 32.2. The van der Waals surface area contributed by atoms with Crippen LogP contribution in [0.3, 0.4) is 0 Å². The fourth-order valence-electron chi connectivity index (χ4n) is 4.50. The second kappa shape index (κ2) is 6.59. The molecule has 0 bridgehead atoms. The first-order chi connectivity index (χ1) is 13.6. The van der Waals surface area contributed by atoms with Crippen LogP contribution in [0, 0.1) is 11.8 Å². The van der Waals surface area contributed by atoms with Gasteiger partial charge in [-0.25, -0.2) is 14.8 Å². The van der Waals surface area contributed by atoms with E-state index in [0.717, 1.165) is 54.3 Å². The Morgan fingerprint density at radius 2 is 2.14 bits per heavy atom. The first kappa shape index (κ1) is 17.2. The van der Waals surface area contributed by atoms with Crippen LogP contribution in [0.5, 0.6) is 6.01 Å². The second-order valence-corrected chi connectivity index (χ2v) is 8.18. The number of likely N-dealkylation sites (tertiary alicyclic amines) is 1. The number of amides is 2. The number of H-pyrrole nitrogens is 1. The van der Waals surface area contributed by atoms with Crippen LogP contribution in [0.15, 0.2) is 18.6 Å². The molecule has 3 atom stereocenters. The third-order valence-corrected chi connectivity index (χ3v) is 6.48. The normalized spacial score (nSPS) is 23.9. The highest BCUT2D eigenvalue weighted by molar-refractivity contribution is 7.10. The van der Waals surface area contributed by atoms with Gasteiger partial charge in [0.2, 0.25) is 5.13 Å². The molecule has 3 aromatic heterocycles. The van der Waals surface area contributed by atoms with Crippen molar-refractivity contribution in [2.24, 2.45) is 11.8 Å². The van der Waals surface area contributed by atoms with Crippen molar-refractivity contribution in [2.45, 2.75) is 18.9 Å². The minimum atomic E-state index is -0.314. The predicted octanol–water partition coefficient (Wildman–Crippen LogP) is 1.89. The molecular weight excluding hydrogens is 380 g/mol. The minimum Gasteiger partial charge on any atom is -0.478 e. The second-order valence-electron chi connectivity index (χ2n) is 7.43. The predicted molar refractivity (Wildman–Crippen MR) is 104 cm³/mol. The van der Waals surface area contributed by atoms with Crippen LogP contribution < -0.4 is 10.2 Å². The Hall–Kier alpha value is -2.95. The van der Waals surface area contributed by atoms with Gasteiger partial charge < -0.3 is 19.9 Å². The fourth-order valence-corrected chi connectivity index (χ4v) is 4.96. The molecule has 10 nitrogen and oxygen atoms in total. The van der Waals surface area contributed by atoms with Crippen LogP contribution in [0.25, 0.3) is 11.0 Å². The summed E-state index contributed by atoms with van der Waals surface area (Å²) < 4.78 is 3.66. The third-order valence-electron chi connectivity index (χ3n) is 5.86. The summed E-state index contributed by atoms with van der Waals surface area (Å²) in [5, 5.41) is 13.3. The molecule has 1 saturated carbocycles. The molecule has 0 aromatic carbocycles. The van der Waals surface area contributed by atoms with E-state index < -0.39 is 0 Å². The summed E-state index contributed by atoms with van der Waals surface area (Å²) in [6.07, 6.45) is 5.53. The maximum absolute atomic E-state index is 12.5. The molecule has 0 radical (unpaired) electrons. The number of aromatic nitrogens is 5. The molecular formula is C17H20N8O2S. The zero-order valence-electron chi connectivity index (χ0n) is 15.2. The Kier molecular flexibility index (Phi) is 4.04. The van der Waals surface area contributed by atoms with E-state index in [2.05, 4.69) is 41.6 Å². The van der Waals surface area contributed by atoms with Crippen molar-refractivity contribution in [3.63, 3.8) is 0 Å². The van der Waals surface area contributed by atoms with E-state index in [9.17, 15) is 9.90 Å². The summed E-state index contributed by atoms with van der Waals surface area (Å²) in [5.74, 6) is 1.90. The molecule has 4 heterocycles. The lowest BCUT2D eigenvalue weighted by Gasteiger charge is -2.27. The Balaban J connectivity index is 1.23. The first-order valence-electron chi connectivity index (χ1n) is 9.18. The SMILES string of the molecule is CN(c1ncnc2[nH]ccc12)C1CC2CN(C(=O)Nc3nc(O)ns3)C[C@@H]2C1. The largest absolute Gasteiger partial charge is 0.478 e. The van der Waals surface area contributed by atoms with Crippen LogP contribution in [-0.4, -0.2) is 66.5 Å². The van der Waals surface area contributed by atoms with E-state index in [1.54, 1.807) is 6.33 Å². The minimum absolute atomic E-state index is 0.180. The number of carbonyl (C=O) groups excluding carboxylic acids is 1. The Bertz CT molecular complexity index is 1010. The lowest BCUT2D eigenvalue weighted by atomic mass is 10.0. The lowest BCUT2D eigenvalue weighted by Crippen LogP contribution is -2.36. The fraction of sp³-hybridized carbons (Fsp3) is 0.471. The zero-order valence-corrected chi connectivity index (χ0v) is 16.1. The molecule has 2 unspecified atom stereocenters.